The summed E-state index contributed by atoms with van der Waals surface area (Å²) >= 11 is 0. The van der Waals surface area contributed by atoms with Gasteiger partial charge in [-0.2, -0.15) is 0 Å². The van der Waals surface area contributed by atoms with Crippen molar-refractivity contribution < 1.29 is 27.1 Å². The molecule has 1 saturated heterocycles. The van der Waals surface area contributed by atoms with Gasteiger partial charge in [0, 0.05) is 30.6 Å². The van der Waals surface area contributed by atoms with E-state index in [1.54, 1.807) is 6.07 Å². The molecule has 124 valence electrons. The highest BCUT2D eigenvalue weighted by atomic mass is 28.4. The molecule has 0 radical (unpaired) electrons. The molecule has 0 aromatic heterocycles. The Bertz CT molecular complexity index is 462. The number of halogens is 1. The van der Waals surface area contributed by atoms with Crippen LogP contribution in [0.5, 0.6) is 0 Å². The number of hydrogen-bond donors (Lipinski definition) is 0. The lowest BCUT2D eigenvalue weighted by molar-refractivity contribution is -0.0440. The zero-order valence-corrected chi connectivity index (χ0v) is 14.3. The molecule has 0 spiro atoms. The van der Waals surface area contributed by atoms with E-state index in [4.69, 9.17) is 22.8 Å². The van der Waals surface area contributed by atoms with Crippen molar-refractivity contribution in [2.24, 2.45) is 0 Å². The van der Waals surface area contributed by atoms with E-state index in [0.29, 0.717) is 43.8 Å². The van der Waals surface area contributed by atoms with E-state index in [0.717, 1.165) is 0 Å². The summed E-state index contributed by atoms with van der Waals surface area (Å²) in [5.74, 6) is -0.368. The number of hydrogen-bond acceptors (Lipinski definition) is 5. The summed E-state index contributed by atoms with van der Waals surface area (Å²) in [5, 5.41) is 0.574. The molecule has 0 unspecified atom stereocenters. The molecule has 0 saturated carbocycles. The predicted octanol–water partition coefficient (Wildman–Crippen LogP) is 2.13. The molecule has 1 aromatic rings. The Labute approximate surface area is 131 Å². The van der Waals surface area contributed by atoms with Gasteiger partial charge in [-0.15, -0.1) is 0 Å². The predicted molar refractivity (Wildman–Crippen MR) is 81.3 cm³/mol. The second-order valence-corrected chi connectivity index (χ2v) is 7.18. The summed E-state index contributed by atoms with van der Waals surface area (Å²) in [6.07, 6.45) is -0.538. The molecule has 0 atom stereocenters. The minimum atomic E-state index is -3.22. The van der Waals surface area contributed by atoms with Crippen LogP contribution in [-0.2, 0) is 22.8 Å². The Kier molecular flexibility index (Phi) is 6.48. The smallest absolute Gasteiger partial charge is 0.370 e. The largest absolute Gasteiger partial charge is 0.537 e. The van der Waals surface area contributed by atoms with Crippen LogP contribution >= 0.6 is 0 Å². The molecule has 1 aromatic carbocycles. The summed E-state index contributed by atoms with van der Waals surface area (Å²) in [7, 11) is -3.22. The molecule has 1 aliphatic rings. The number of benzene rings is 1. The van der Waals surface area contributed by atoms with Gasteiger partial charge in [0.25, 0.3) is 0 Å². The summed E-state index contributed by atoms with van der Waals surface area (Å²) in [6, 6.07) is 4.44. The molecule has 0 N–H and O–H groups in total. The maximum absolute atomic E-state index is 13.9. The third-order valence-electron chi connectivity index (χ3n) is 3.22. The monoisotopic (exact) mass is 330 g/mol. The van der Waals surface area contributed by atoms with Crippen LogP contribution in [0.4, 0.5) is 4.39 Å². The van der Waals surface area contributed by atoms with E-state index in [-0.39, 0.29) is 5.82 Å². The molecule has 5 nitrogen and oxygen atoms in total. The van der Waals surface area contributed by atoms with Crippen molar-refractivity contribution in [3.8, 4) is 0 Å². The van der Waals surface area contributed by atoms with E-state index >= 15 is 0 Å². The van der Waals surface area contributed by atoms with Crippen LogP contribution in [0, 0.1) is 5.82 Å². The highest BCUT2D eigenvalue weighted by molar-refractivity contribution is 6.75. The van der Waals surface area contributed by atoms with Crippen LogP contribution in [0.2, 0.25) is 0 Å². The molecular weight excluding hydrogens is 307 g/mol. The van der Waals surface area contributed by atoms with Gasteiger partial charge in [-0.1, -0.05) is 6.07 Å². The normalized spacial score (nSPS) is 16.4. The van der Waals surface area contributed by atoms with E-state index in [9.17, 15) is 4.39 Å². The van der Waals surface area contributed by atoms with Crippen LogP contribution in [0.25, 0.3) is 0 Å². The molecule has 0 aliphatic carbocycles. The van der Waals surface area contributed by atoms with Gasteiger partial charge in [0.05, 0.1) is 13.2 Å². The highest BCUT2D eigenvalue weighted by Gasteiger charge is 2.46. The lowest BCUT2D eigenvalue weighted by atomic mass is 10.2. The van der Waals surface area contributed by atoms with Gasteiger partial charge in [-0.3, -0.25) is 0 Å². The minimum Gasteiger partial charge on any atom is -0.370 e. The number of rotatable bonds is 8. The number of ether oxygens (including phenoxy) is 2. The van der Waals surface area contributed by atoms with Gasteiger partial charge in [0.1, 0.15) is 5.82 Å². The van der Waals surface area contributed by atoms with Gasteiger partial charge in [0.15, 0.2) is 6.29 Å². The SMILES string of the molecule is CCO[Si](OCC)(OCC)c1cc(F)ccc1C1OCCO1. The van der Waals surface area contributed by atoms with Crippen LogP contribution < -0.4 is 5.19 Å². The lowest BCUT2D eigenvalue weighted by Crippen LogP contribution is -2.58. The standard InChI is InChI=1S/C15H23FO5Si/c1-4-19-22(20-5-2,21-6-3)14-11-12(16)7-8-13(14)15-17-9-10-18-15/h7-8,11,15H,4-6,9-10H2,1-3H3. The van der Waals surface area contributed by atoms with Gasteiger partial charge >= 0.3 is 8.80 Å². The van der Waals surface area contributed by atoms with Crippen molar-refractivity contribution in [1.29, 1.82) is 0 Å². The van der Waals surface area contributed by atoms with E-state index < -0.39 is 15.1 Å². The summed E-state index contributed by atoms with van der Waals surface area (Å²) < 4.78 is 42.6. The maximum Gasteiger partial charge on any atom is 0.537 e. The minimum absolute atomic E-state index is 0.368. The Balaban J connectivity index is 2.49. The summed E-state index contributed by atoms with van der Waals surface area (Å²) in [5.41, 5.74) is 0.709. The third-order valence-corrected chi connectivity index (χ3v) is 6.32. The van der Waals surface area contributed by atoms with Crippen molar-refractivity contribution in [2.45, 2.75) is 27.1 Å². The lowest BCUT2D eigenvalue weighted by Gasteiger charge is -2.31. The first-order chi connectivity index (χ1) is 10.7. The molecule has 0 bridgehead atoms. The third kappa shape index (κ3) is 3.73. The molecule has 1 heterocycles. The second kappa shape index (κ2) is 8.14. The van der Waals surface area contributed by atoms with Gasteiger partial charge in [0.2, 0.25) is 0 Å². The fourth-order valence-electron chi connectivity index (χ4n) is 2.47. The van der Waals surface area contributed by atoms with Crippen LogP contribution in [-0.4, -0.2) is 41.8 Å². The summed E-state index contributed by atoms with van der Waals surface area (Å²) in [6.45, 7) is 7.84. The molecule has 2 rings (SSSR count). The second-order valence-electron chi connectivity index (χ2n) is 4.66. The fraction of sp³-hybridized carbons (Fsp3) is 0.600. The van der Waals surface area contributed by atoms with Crippen molar-refractivity contribution in [1.82, 2.24) is 0 Å². The molecule has 22 heavy (non-hydrogen) atoms. The van der Waals surface area contributed by atoms with E-state index in [1.807, 2.05) is 20.8 Å². The molecule has 0 amide bonds. The highest BCUT2D eigenvalue weighted by Crippen LogP contribution is 2.25. The van der Waals surface area contributed by atoms with Crippen molar-refractivity contribution in [3.05, 3.63) is 29.6 Å². The van der Waals surface area contributed by atoms with Gasteiger partial charge < -0.3 is 22.8 Å². The fourth-order valence-corrected chi connectivity index (χ4v) is 5.19. The van der Waals surface area contributed by atoms with E-state index in [2.05, 4.69) is 0 Å². The average Bonchev–Trinajstić information content (AvgIpc) is 3.02. The maximum atomic E-state index is 13.9. The van der Waals surface area contributed by atoms with E-state index in [1.165, 1.54) is 12.1 Å². The van der Waals surface area contributed by atoms with Crippen LogP contribution in [0.1, 0.15) is 32.6 Å². The average molecular weight is 330 g/mol. The molecule has 1 fully saturated rings. The van der Waals surface area contributed by atoms with Crippen LogP contribution in [0.15, 0.2) is 18.2 Å². The zero-order valence-electron chi connectivity index (χ0n) is 13.3. The Hall–Kier alpha value is -0.833. The Morgan fingerprint density at radius 2 is 1.59 bits per heavy atom. The van der Waals surface area contributed by atoms with Gasteiger partial charge in [-0.05, 0) is 32.9 Å². The Morgan fingerprint density at radius 3 is 2.09 bits per heavy atom. The summed E-state index contributed by atoms with van der Waals surface area (Å²) in [4.78, 5) is 0. The first-order valence-electron chi connectivity index (χ1n) is 7.61. The first kappa shape index (κ1) is 17.5. The molecule has 7 heteroatoms. The van der Waals surface area contributed by atoms with Crippen molar-refractivity contribution >= 4 is 14.0 Å². The Morgan fingerprint density at radius 1 is 1.05 bits per heavy atom. The first-order valence-corrected chi connectivity index (χ1v) is 9.34. The van der Waals surface area contributed by atoms with Gasteiger partial charge in [-0.25, -0.2) is 4.39 Å². The molecule has 1 aliphatic heterocycles. The van der Waals surface area contributed by atoms with Crippen LogP contribution in [0.3, 0.4) is 0 Å². The topological polar surface area (TPSA) is 46.2 Å². The zero-order chi connectivity index (χ0) is 16.0. The molecular formula is C15H23FO5Si. The van der Waals surface area contributed by atoms with Crippen molar-refractivity contribution in [2.75, 3.05) is 33.0 Å². The quantitative estimate of drug-likeness (QED) is 0.683. The van der Waals surface area contributed by atoms with Crippen molar-refractivity contribution in [3.63, 3.8) is 0 Å².